The summed E-state index contributed by atoms with van der Waals surface area (Å²) in [5.74, 6) is 0. The molecule has 3 rings (SSSR count). The van der Waals surface area contributed by atoms with E-state index < -0.39 is 0 Å². The van der Waals surface area contributed by atoms with Crippen molar-refractivity contribution in [2.75, 3.05) is 0 Å². The van der Waals surface area contributed by atoms with Crippen molar-refractivity contribution in [2.24, 2.45) is 7.05 Å². The molecule has 4 heteroatoms. The molecule has 0 aliphatic heterocycles. The highest BCUT2D eigenvalue weighted by Gasteiger charge is 2.13. The van der Waals surface area contributed by atoms with Crippen molar-refractivity contribution in [2.45, 2.75) is 19.9 Å². The molecule has 4 nitrogen and oxygen atoms in total. The van der Waals surface area contributed by atoms with E-state index in [1.807, 2.05) is 24.3 Å². The molecule has 0 saturated carbocycles. The van der Waals surface area contributed by atoms with E-state index in [2.05, 4.69) is 28.7 Å². The van der Waals surface area contributed by atoms with Gasteiger partial charge in [0.25, 0.3) is 5.56 Å². The van der Waals surface area contributed by atoms with Crippen molar-refractivity contribution >= 4 is 10.9 Å². The van der Waals surface area contributed by atoms with Gasteiger partial charge in [-0.2, -0.15) is 5.10 Å². The minimum absolute atomic E-state index is 0.0467. The lowest BCUT2D eigenvalue weighted by Crippen LogP contribution is -2.18. The summed E-state index contributed by atoms with van der Waals surface area (Å²) >= 11 is 0. The molecule has 0 bridgehead atoms. The monoisotopic (exact) mass is 267 g/mol. The molecule has 0 aliphatic carbocycles. The summed E-state index contributed by atoms with van der Waals surface area (Å²) < 4.78 is 3.56. The smallest absolute Gasteiger partial charge is 0.275 e. The van der Waals surface area contributed by atoms with Crippen LogP contribution in [0.5, 0.6) is 0 Å². The van der Waals surface area contributed by atoms with Gasteiger partial charge in [-0.15, -0.1) is 0 Å². The first-order valence-corrected chi connectivity index (χ1v) is 6.83. The molecule has 0 unspecified atom stereocenters. The third-order valence-corrected chi connectivity index (χ3v) is 3.53. The normalized spacial score (nSPS) is 11.1. The molecule has 2 aromatic heterocycles. The van der Waals surface area contributed by atoms with E-state index in [0.29, 0.717) is 0 Å². The average molecular weight is 267 g/mol. The summed E-state index contributed by atoms with van der Waals surface area (Å²) in [5, 5.41) is 4.87. The molecule has 0 amide bonds. The zero-order valence-electron chi connectivity index (χ0n) is 11.7. The van der Waals surface area contributed by atoms with Crippen LogP contribution in [-0.4, -0.2) is 14.3 Å². The molecule has 0 saturated heterocycles. The second-order valence-electron chi connectivity index (χ2n) is 4.92. The predicted octanol–water partition coefficient (Wildman–Crippen LogP) is 2.81. The Morgan fingerprint density at radius 1 is 1.20 bits per heavy atom. The van der Waals surface area contributed by atoms with Gasteiger partial charge >= 0.3 is 0 Å². The van der Waals surface area contributed by atoms with E-state index in [0.717, 1.165) is 35.1 Å². The molecule has 20 heavy (non-hydrogen) atoms. The van der Waals surface area contributed by atoms with Crippen LogP contribution in [-0.2, 0) is 13.6 Å². The Morgan fingerprint density at radius 3 is 2.65 bits per heavy atom. The van der Waals surface area contributed by atoms with E-state index in [9.17, 15) is 4.79 Å². The minimum atomic E-state index is -0.0467. The summed E-state index contributed by atoms with van der Waals surface area (Å²) in [6, 6.07) is 12.1. The molecular formula is C16H17N3O. The highest BCUT2D eigenvalue weighted by molar-refractivity contribution is 5.85. The van der Waals surface area contributed by atoms with Crippen LogP contribution in [0.15, 0.2) is 47.4 Å². The van der Waals surface area contributed by atoms with E-state index >= 15 is 0 Å². The first-order chi connectivity index (χ1) is 9.72. The number of benzene rings is 1. The maximum absolute atomic E-state index is 12.2. The van der Waals surface area contributed by atoms with Crippen LogP contribution in [0, 0.1) is 0 Å². The highest BCUT2D eigenvalue weighted by atomic mass is 16.1. The number of aromatic nitrogens is 3. The summed E-state index contributed by atoms with van der Waals surface area (Å²) in [7, 11) is 1.68. The second kappa shape index (κ2) is 4.96. The van der Waals surface area contributed by atoms with Gasteiger partial charge in [-0.05, 0) is 18.1 Å². The van der Waals surface area contributed by atoms with Crippen molar-refractivity contribution in [3.05, 3.63) is 52.9 Å². The summed E-state index contributed by atoms with van der Waals surface area (Å²) in [5.41, 5.74) is 3.06. The van der Waals surface area contributed by atoms with Gasteiger partial charge in [-0.1, -0.05) is 37.3 Å². The number of hydrogen-bond donors (Lipinski definition) is 0. The number of hydrogen-bond acceptors (Lipinski definition) is 2. The van der Waals surface area contributed by atoms with E-state index in [1.165, 1.54) is 4.68 Å². The maximum atomic E-state index is 12.2. The Labute approximate surface area is 117 Å². The van der Waals surface area contributed by atoms with Gasteiger partial charge in [0, 0.05) is 19.3 Å². The van der Waals surface area contributed by atoms with Crippen molar-refractivity contribution in [1.29, 1.82) is 0 Å². The van der Waals surface area contributed by atoms with Crippen molar-refractivity contribution in [1.82, 2.24) is 14.3 Å². The lowest BCUT2D eigenvalue weighted by molar-refractivity contribution is 0.692. The van der Waals surface area contributed by atoms with Crippen LogP contribution in [0.4, 0.5) is 0 Å². The number of nitrogens with zero attached hydrogens (tertiary/aromatic N) is 3. The fourth-order valence-corrected chi connectivity index (χ4v) is 2.55. The van der Waals surface area contributed by atoms with E-state index in [1.54, 1.807) is 13.2 Å². The van der Waals surface area contributed by atoms with Crippen LogP contribution in [0.2, 0.25) is 0 Å². The Kier molecular flexibility index (Phi) is 3.14. The van der Waals surface area contributed by atoms with Crippen LogP contribution < -0.4 is 5.56 Å². The third kappa shape index (κ3) is 1.93. The Morgan fingerprint density at radius 2 is 1.95 bits per heavy atom. The zero-order valence-corrected chi connectivity index (χ0v) is 11.7. The Hall–Kier alpha value is -2.36. The molecule has 1 aromatic carbocycles. The lowest BCUT2D eigenvalue weighted by atomic mass is 10.1. The van der Waals surface area contributed by atoms with Gasteiger partial charge in [0.15, 0.2) is 0 Å². The fraction of sp³-hybridized carbons (Fsp3) is 0.250. The molecule has 102 valence electrons. The van der Waals surface area contributed by atoms with Gasteiger partial charge < -0.3 is 4.57 Å². The minimum Gasteiger partial charge on any atom is -0.339 e. The van der Waals surface area contributed by atoms with Crippen molar-refractivity contribution < 1.29 is 0 Å². The second-order valence-corrected chi connectivity index (χ2v) is 4.92. The third-order valence-electron chi connectivity index (χ3n) is 3.53. The van der Waals surface area contributed by atoms with Crippen LogP contribution in [0.25, 0.3) is 22.2 Å². The molecule has 0 N–H and O–H groups in total. The number of aryl methyl sites for hydroxylation is 2. The fourth-order valence-electron chi connectivity index (χ4n) is 2.55. The largest absolute Gasteiger partial charge is 0.339 e. The molecular weight excluding hydrogens is 250 g/mol. The lowest BCUT2D eigenvalue weighted by Gasteiger charge is -2.09. The van der Waals surface area contributed by atoms with Crippen LogP contribution >= 0.6 is 0 Å². The molecule has 0 atom stereocenters. The van der Waals surface area contributed by atoms with Gasteiger partial charge in [-0.25, -0.2) is 4.68 Å². The Balaban J connectivity index is 2.34. The van der Waals surface area contributed by atoms with Crippen molar-refractivity contribution in [3.8, 4) is 11.3 Å². The summed E-state index contributed by atoms with van der Waals surface area (Å²) in [6.07, 6.45) is 2.79. The SMILES string of the molecule is CCCn1c(-c2ccccc2)cc2c(=O)n(C)ncc21. The van der Waals surface area contributed by atoms with Crippen LogP contribution in [0.3, 0.4) is 0 Å². The summed E-state index contributed by atoms with van der Waals surface area (Å²) in [4.78, 5) is 12.2. The topological polar surface area (TPSA) is 39.8 Å². The number of rotatable bonds is 3. The van der Waals surface area contributed by atoms with Gasteiger partial charge in [0.1, 0.15) is 0 Å². The first-order valence-electron chi connectivity index (χ1n) is 6.83. The standard InChI is InChI=1S/C16H17N3O/c1-3-9-19-14(12-7-5-4-6-8-12)10-13-15(19)11-17-18(2)16(13)20/h4-8,10-11H,3,9H2,1-2H3. The molecule has 2 heterocycles. The van der Waals surface area contributed by atoms with Gasteiger partial charge in [0.05, 0.1) is 17.1 Å². The van der Waals surface area contributed by atoms with Crippen LogP contribution in [0.1, 0.15) is 13.3 Å². The predicted molar refractivity (Wildman–Crippen MR) is 80.7 cm³/mol. The molecule has 0 fully saturated rings. The Bertz CT molecular complexity index is 800. The molecule has 0 aliphatic rings. The maximum Gasteiger partial charge on any atom is 0.275 e. The highest BCUT2D eigenvalue weighted by Crippen LogP contribution is 2.26. The average Bonchev–Trinajstić information content (AvgIpc) is 2.84. The summed E-state index contributed by atoms with van der Waals surface area (Å²) in [6.45, 7) is 3.01. The van der Waals surface area contributed by atoms with Crippen molar-refractivity contribution in [3.63, 3.8) is 0 Å². The zero-order chi connectivity index (χ0) is 14.1. The molecule has 3 aromatic rings. The molecule has 0 spiro atoms. The van der Waals surface area contributed by atoms with E-state index in [-0.39, 0.29) is 5.56 Å². The van der Waals surface area contributed by atoms with E-state index in [4.69, 9.17) is 0 Å². The van der Waals surface area contributed by atoms with Gasteiger partial charge in [-0.3, -0.25) is 4.79 Å². The quantitative estimate of drug-likeness (QED) is 0.732. The first kappa shape index (κ1) is 12.7. The molecule has 0 radical (unpaired) electrons. The van der Waals surface area contributed by atoms with Gasteiger partial charge in [0.2, 0.25) is 0 Å². The number of fused-ring (bicyclic) bond motifs is 1.